The molecule has 5 aromatic rings. The van der Waals surface area contributed by atoms with E-state index in [1.807, 2.05) is 48.5 Å². The van der Waals surface area contributed by atoms with Crippen LogP contribution in [0.2, 0.25) is 0 Å². The van der Waals surface area contributed by atoms with E-state index >= 15 is 8.78 Å². The minimum absolute atomic E-state index is 0.0419. The van der Waals surface area contributed by atoms with Crippen molar-refractivity contribution in [3.05, 3.63) is 96.6 Å². The highest BCUT2D eigenvalue weighted by Gasteiger charge is 2.18. The Bertz CT molecular complexity index is 1330. The molecule has 0 aliphatic rings. The topological polar surface area (TPSA) is 40.5 Å². The van der Waals surface area contributed by atoms with Gasteiger partial charge in [-0.2, -0.15) is 0 Å². The molecule has 4 heteroatoms. The van der Waals surface area contributed by atoms with E-state index in [1.54, 1.807) is 12.1 Å². The van der Waals surface area contributed by atoms with Crippen LogP contribution in [-0.4, -0.2) is 10.2 Å². The molecule has 146 valence electrons. The van der Waals surface area contributed by atoms with Crippen LogP contribution in [-0.2, 0) is 0 Å². The molecule has 2 N–H and O–H groups in total. The summed E-state index contributed by atoms with van der Waals surface area (Å²) in [5.74, 6) is -1.64. The predicted molar refractivity (Wildman–Crippen MR) is 116 cm³/mol. The fourth-order valence-electron chi connectivity index (χ4n) is 3.85. The van der Waals surface area contributed by atoms with Crippen molar-refractivity contribution in [2.45, 2.75) is 0 Å². The van der Waals surface area contributed by atoms with Gasteiger partial charge in [-0.3, -0.25) is 0 Å². The Morgan fingerprint density at radius 3 is 1.13 bits per heavy atom. The summed E-state index contributed by atoms with van der Waals surface area (Å²) in [7, 11) is 0. The second-order valence-electron chi connectivity index (χ2n) is 7.24. The molecule has 30 heavy (non-hydrogen) atoms. The number of phenolic OH excluding ortho intramolecular Hbond substituents is 2. The van der Waals surface area contributed by atoms with Crippen molar-refractivity contribution < 1.29 is 19.0 Å². The van der Waals surface area contributed by atoms with Gasteiger partial charge in [0.25, 0.3) is 0 Å². The molecule has 0 amide bonds. The first-order chi connectivity index (χ1) is 14.5. The van der Waals surface area contributed by atoms with Gasteiger partial charge in [0.2, 0.25) is 0 Å². The van der Waals surface area contributed by atoms with Crippen LogP contribution in [0, 0.1) is 11.6 Å². The average molecular weight is 398 g/mol. The summed E-state index contributed by atoms with van der Waals surface area (Å²) < 4.78 is 30.1. The molecule has 0 aliphatic heterocycles. The van der Waals surface area contributed by atoms with E-state index in [2.05, 4.69) is 0 Å². The first kappa shape index (κ1) is 18.1. The number of fused-ring (bicyclic) bond motifs is 2. The van der Waals surface area contributed by atoms with Gasteiger partial charge in [-0.25, -0.2) is 8.78 Å². The van der Waals surface area contributed by atoms with Crippen LogP contribution in [0.3, 0.4) is 0 Å². The molecule has 0 fully saturated rings. The maximum absolute atomic E-state index is 15.1. The van der Waals surface area contributed by atoms with Crippen LogP contribution >= 0.6 is 0 Å². The number of hydrogen-bond donors (Lipinski definition) is 2. The molecular weight excluding hydrogens is 382 g/mol. The number of hydrogen-bond acceptors (Lipinski definition) is 2. The minimum Gasteiger partial charge on any atom is -0.507 e. The highest BCUT2D eigenvalue weighted by atomic mass is 19.1. The van der Waals surface area contributed by atoms with Gasteiger partial charge < -0.3 is 10.2 Å². The maximum Gasteiger partial charge on any atom is 0.131 e. The lowest BCUT2D eigenvalue weighted by molar-refractivity contribution is 0.476. The molecule has 2 nitrogen and oxygen atoms in total. The zero-order valence-electron chi connectivity index (χ0n) is 15.7. The van der Waals surface area contributed by atoms with Gasteiger partial charge >= 0.3 is 0 Å². The van der Waals surface area contributed by atoms with Crippen molar-refractivity contribution in [3.8, 4) is 33.8 Å². The molecule has 0 atom stereocenters. The largest absolute Gasteiger partial charge is 0.507 e. The van der Waals surface area contributed by atoms with E-state index in [9.17, 15) is 10.2 Å². The van der Waals surface area contributed by atoms with Gasteiger partial charge in [0, 0.05) is 22.3 Å². The molecule has 0 unspecified atom stereocenters. The number of benzene rings is 5. The highest BCUT2D eigenvalue weighted by molar-refractivity contribution is 5.93. The van der Waals surface area contributed by atoms with Crippen LogP contribution < -0.4 is 0 Å². The van der Waals surface area contributed by atoms with E-state index in [0.29, 0.717) is 0 Å². The molecule has 0 aliphatic carbocycles. The molecule has 5 aromatic carbocycles. The average Bonchev–Trinajstić information content (AvgIpc) is 2.74. The summed E-state index contributed by atoms with van der Waals surface area (Å²) in [6.07, 6.45) is 0. The quantitative estimate of drug-likeness (QED) is 0.336. The zero-order valence-corrected chi connectivity index (χ0v) is 15.7. The molecule has 0 heterocycles. The van der Waals surface area contributed by atoms with E-state index in [-0.39, 0.29) is 33.8 Å². The summed E-state index contributed by atoms with van der Waals surface area (Å²) in [6, 6.07) is 23.2. The van der Waals surface area contributed by atoms with Gasteiger partial charge in [0.15, 0.2) is 0 Å². The van der Waals surface area contributed by atoms with Gasteiger partial charge in [-0.1, -0.05) is 48.5 Å². The second kappa shape index (κ2) is 6.85. The molecule has 0 saturated carbocycles. The van der Waals surface area contributed by atoms with Crippen molar-refractivity contribution in [1.82, 2.24) is 0 Å². The molecular formula is C26H16F2O2. The molecule has 5 rings (SSSR count). The number of aromatic hydroxyl groups is 2. The van der Waals surface area contributed by atoms with E-state index in [1.165, 1.54) is 12.1 Å². The molecule has 0 bridgehead atoms. The van der Waals surface area contributed by atoms with Crippen LogP contribution in [0.15, 0.2) is 84.9 Å². The summed E-state index contributed by atoms with van der Waals surface area (Å²) in [4.78, 5) is 0. The molecule has 0 saturated heterocycles. The van der Waals surface area contributed by atoms with Gasteiger partial charge in [-0.05, 0) is 57.9 Å². The summed E-state index contributed by atoms with van der Waals surface area (Å²) in [6.45, 7) is 0. The smallest absolute Gasteiger partial charge is 0.131 e. The van der Waals surface area contributed by atoms with E-state index < -0.39 is 11.6 Å². The number of halogens is 2. The van der Waals surface area contributed by atoms with Crippen molar-refractivity contribution in [3.63, 3.8) is 0 Å². The van der Waals surface area contributed by atoms with E-state index in [0.717, 1.165) is 33.7 Å². The Balaban J connectivity index is 1.68. The Labute approximate surface area is 171 Å². The first-order valence-electron chi connectivity index (χ1n) is 9.44. The predicted octanol–water partition coefficient (Wildman–Crippen LogP) is 7.02. The highest BCUT2D eigenvalue weighted by Crippen LogP contribution is 2.40. The van der Waals surface area contributed by atoms with Crippen molar-refractivity contribution in [2.24, 2.45) is 0 Å². The second-order valence-corrected chi connectivity index (χ2v) is 7.24. The van der Waals surface area contributed by atoms with Crippen LogP contribution in [0.25, 0.3) is 43.8 Å². The lowest BCUT2D eigenvalue weighted by atomic mass is 9.95. The van der Waals surface area contributed by atoms with Gasteiger partial charge in [0.05, 0.1) is 0 Å². The third kappa shape index (κ3) is 2.94. The Morgan fingerprint density at radius 2 is 0.767 bits per heavy atom. The maximum atomic E-state index is 15.1. The third-order valence-electron chi connectivity index (χ3n) is 5.37. The van der Waals surface area contributed by atoms with Crippen LogP contribution in [0.4, 0.5) is 8.78 Å². The van der Waals surface area contributed by atoms with Crippen molar-refractivity contribution in [1.29, 1.82) is 0 Å². The van der Waals surface area contributed by atoms with Gasteiger partial charge in [0.1, 0.15) is 23.1 Å². The van der Waals surface area contributed by atoms with Crippen molar-refractivity contribution in [2.75, 3.05) is 0 Å². The summed E-state index contributed by atoms with van der Waals surface area (Å²) >= 11 is 0. The van der Waals surface area contributed by atoms with Crippen molar-refractivity contribution >= 4 is 21.5 Å². The normalized spacial score (nSPS) is 11.3. The Hall–Kier alpha value is -3.92. The third-order valence-corrected chi connectivity index (χ3v) is 5.37. The standard InChI is InChI=1S/C26H16F2O2/c27-23-14-20(22-10-16-6-2-4-8-18(16)12-26(22)30)24(28)13-19(23)21-9-15-5-1-3-7-17(15)11-25(21)29/h1-14,29-30H. The first-order valence-corrected chi connectivity index (χ1v) is 9.44. The minimum atomic E-state index is -0.690. The lowest BCUT2D eigenvalue weighted by Gasteiger charge is -2.13. The Morgan fingerprint density at radius 1 is 0.433 bits per heavy atom. The fraction of sp³-hybridized carbons (Fsp3) is 0. The number of rotatable bonds is 2. The molecule has 0 radical (unpaired) electrons. The zero-order chi connectivity index (χ0) is 20.8. The van der Waals surface area contributed by atoms with E-state index in [4.69, 9.17) is 0 Å². The number of phenols is 2. The summed E-state index contributed by atoms with van der Waals surface area (Å²) in [5.41, 5.74) is 0.332. The SMILES string of the molecule is Oc1cc2ccccc2cc1-c1cc(F)c(-c2cc3ccccc3cc2O)cc1F. The monoisotopic (exact) mass is 398 g/mol. The Kier molecular flexibility index (Phi) is 4.14. The fourth-order valence-corrected chi connectivity index (χ4v) is 3.85. The lowest BCUT2D eigenvalue weighted by Crippen LogP contribution is -1.93. The van der Waals surface area contributed by atoms with Gasteiger partial charge in [-0.15, -0.1) is 0 Å². The summed E-state index contributed by atoms with van der Waals surface area (Å²) in [5, 5.41) is 24.0. The molecule has 0 spiro atoms. The van der Waals surface area contributed by atoms with Crippen LogP contribution in [0.5, 0.6) is 11.5 Å². The molecule has 0 aromatic heterocycles. The van der Waals surface area contributed by atoms with Crippen LogP contribution in [0.1, 0.15) is 0 Å².